The molecular formula is C15H21ClN2O2. The van der Waals surface area contributed by atoms with Gasteiger partial charge in [0.05, 0.1) is 0 Å². The summed E-state index contributed by atoms with van der Waals surface area (Å²) in [6.45, 7) is 7.55. The summed E-state index contributed by atoms with van der Waals surface area (Å²) >= 11 is 6.04. The monoisotopic (exact) mass is 296 g/mol. The number of halogens is 1. The molecule has 0 aliphatic carbocycles. The number of aliphatic hydroxyl groups excluding tert-OH is 1. The predicted octanol–water partition coefficient (Wildman–Crippen LogP) is 2.49. The fraction of sp³-hybridized carbons (Fsp3) is 0.600. The van der Waals surface area contributed by atoms with Crippen molar-refractivity contribution in [1.29, 1.82) is 0 Å². The minimum absolute atomic E-state index is 0.0317. The van der Waals surface area contributed by atoms with Gasteiger partial charge in [0.1, 0.15) is 5.15 Å². The molecule has 1 aliphatic heterocycles. The molecule has 0 spiro atoms. The van der Waals surface area contributed by atoms with Crippen molar-refractivity contribution in [2.45, 2.75) is 32.6 Å². The third kappa shape index (κ3) is 3.30. The first-order chi connectivity index (χ1) is 9.31. The molecule has 1 amide bonds. The first-order valence-corrected chi connectivity index (χ1v) is 7.27. The molecule has 1 aromatic rings. The molecule has 4 nitrogen and oxygen atoms in total. The Morgan fingerprint density at radius 2 is 2.20 bits per heavy atom. The quantitative estimate of drug-likeness (QED) is 0.853. The van der Waals surface area contributed by atoms with E-state index in [4.69, 9.17) is 16.7 Å². The van der Waals surface area contributed by atoms with E-state index in [1.54, 1.807) is 11.0 Å². The van der Waals surface area contributed by atoms with Crippen molar-refractivity contribution in [2.75, 3.05) is 19.7 Å². The van der Waals surface area contributed by atoms with E-state index in [-0.39, 0.29) is 23.8 Å². The molecule has 20 heavy (non-hydrogen) atoms. The van der Waals surface area contributed by atoms with E-state index in [1.165, 1.54) is 0 Å². The van der Waals surface area contributed by atoms with E-state index >= 15 is 0 Å². The van der Waals surface area contributed by atoms with Gasteiger partial charge in [0, 0.05) is 42.3 Å². The number of amides is 1. The predicted molar refractivity (Wildman–Crippen MR) is 79.0 cm³/mol. The summed E-state index contributed by atoms with van der Waals surface area (Å²) in [4.78, 5) is 18.6. The van der Waals surface area contributed by atoms with Crippen LogP contribution in [0.5, 0.6) is 0 Å². The van der Waals surface area contributed by atoms with Crippen LogP contribution in [0.1, 0.15) is 43.2 Å². The number of likely N-dealkylation sites (tertiary alicyclic amines) is 1. The van der Waals surface area contributed by atoms with Crippen LogP contribution in [0, 0.1) is 5.92 Å². The number of carbonyl (C=O) groups is 1. The molecule has 2 rings (SSSR count). The summed E-state index contributed by atoms with van der Waals surface area (Å²) in [6, 6.07) is 3.44. The number of carbonyl (C=O) groups excluding carboxylic acids is 1. The highest BCUT2D eigenvalue weighted by Crippen LogP contribution is 2.25. The first-order valence-electron chi connectivity index (χ1n) is 6.89. The maximum Gasteiger partial charge on any atom is 0.254 e. The average Bonchev–Trinajstić information content (AvgIpc) is 2.84. The molecule has 1 atom stereocenters. The van der Waals surface area contributed by atoms with Crippen LogP contribution in [0.25, 0.3) is 0 Å². The molecular weight excluding hydrogens is 276 g/mol. The molecule has 0 aromatic carbocycles. The van der Waals surface area contributed by atoms with Crippen molar-refractivity contribution < 1.29 is 9.90 Å². The SMILES string of the molecule is CC(C)(C)c1cc(C(=O)N2CCC(CO)C2)cc(Cl)n1. The van der Waals surface area contributed by atoms with Crippen LogP contribution in [0.15, 0.2) is 12.1 Å². The van der Waals surface area contributed by atoms with Gasteiger partial charge in [-0.3, -0.25) is 4.79 Å². The highest BCUT2D eigenvalue weighted by molar-refractivity contribution is 6.29. The van der Waals surface area contributed by atoms with Gasteiger partial charge in [0.15, 0.2) is 0 Å². The number of nitrogens with zero attached hydrogens (tertiary/aromatic N) is 2. The first kappa shape index (κ1) is 15.3. The zero-order valence-corrected chi connectivity index (χ0v) is 12.9. The van der Waals surface area contributed by atoms with Gasteiger partial charge in [-0.2, -0.15) is 0 Å². The molecule has 0 bridgehead atoms. The number of pyridine rings is 1. The fourth-order valence-corrected chi connectivity index (χ4v) is 2.56. The van der Waals surface area contributed by atoms with Crippen molar-refractivity contribution in [2.24, 2.45) is 5.92 Å². The van der Waals surface area contributed by atoms with E-state index in [0.717, 1.165) is 12.1 Å². The van der Waals surface area contributed by atoms with E-state index in [1.807, 2.05) is 26.8 Å². The highest BCUT2D eigenvalue weighted by atomic mass is 35.5. The number of hydrogen-bond donors (Lipinski definition) is 1. The highest BCUT2D eigenvalue weighted by Gasteiger charge is 2.27. The van der Waals surface area contributed by atoms with E-state index in [0.29, 0.717) is 23.8 Å². The summed E-state index contributed by atoms with van der Waals surface area (Å²) in [6.07, 6.45) is 0.854. The van der Waals surface area contributed by atoms with Gasteiger partial charge in [-0.05, 0) is 18.6 Å². The van der Waals surface area contributed by atoms with Gasteiger partial charge in [-0.1, -0.05) is 32.4 Å². The average molecular weight is 297 g/mol. The van der Waals surface area contributed by atoms with Crippen molar-refractivity contribution in [3.63, 3.8) is 0 Å². The Kier molecular flexibility index (Phi) is 4.35. The smallest absolute Gasteiger partial charge is 0.254 e. The van der Waals surface area contributed by atoms with E-state index in [2.05, 4.69) is 4.98 Å². The van der Waals surface area contributed by atoms with Crippen molar-refractivity contribution in [3.8, 4) is 0 Å². The molecule has 1 saturated heterocycles. The minimum atomic E-state index is -0.154. The van der Waals surface area contributed by atoms with Gasteiger partial charge in [-0.15, -0.1) is 0 Å². The summed E-state index contributed by atoms with van der Waals surface area (Å²) in [5.41, 5.74) is 1.23. The standard InChI is InChI=1S/C15H21ClN2O2/c1-15(2,3)12-6-11(7-13(16)17-12)14(20)18-5-4-10(8-18)9-19/h6-7,10,19H,4-5,8-9H2,1-3H3. The largest absolute Gasteiger partial charge is 0.396 e. The van der Waals surface area contributed by atoms with Crippen LogP contribution < -0.4 is 0 Å². The maximum atomic E-state index is 12.5. The topological polar surface area (TPSA) is 53.4 Å². The molecule has 5 heteroatoms. The Hall–Kier alpha value is -1.13. The normalized spacial score (nSPS) is 19.4. The molecule has 2 heterocycles. The number of hydrogen-bond acceptors (Lipinski definition) is 3. The lowest BCUT2D eigenvalue weighted by Gasteiger charge is -2.21. The van der Waals surface area contributed by atoms with Crippen LogP contribution in [0.2, 0.25) is 5.15 Å². The van der Waals surface area contributed by atoms with Gasteiger partial charge < -0.3 is 10.0 Å². The summed E-state index contributed by atoms with van der Waals surface area (Å²) in [5, 5.41) is 9.51. The molecule has 1 aromatic heterocycles. The van der Waals surface area contributed by atoms with Gasteiger partial charge >= 0.3 is 0 Å². The Morgan fingerprint density at radius 1 is 1.50 bits per heavy atom. The zero-order valence-electron chi connectivity index (χ0n) is 12.2. The third-order valence-corrected chi connectivity index (χ3v) is 3.83. The second-order valence-electron chi connectivity index (χ2n) is 6.40. The number of aliphatic hydroxyl groups is 1. The molecule has 1 N–H and O–H groups in total. The maximum absolute atomic E-state index is 12.5. The minimum Gasteiger partial charge on any atom is -0.396 e. The van der Waals surface area contributed by atoms with Gasteiger partial charge in [0.25, 0.3) is 5.91 Å². The lowest BCUT2D eigenvalue weighted by atomic mass is 9.91. The molecule has 0 saturated carbocycles. The van der Waals surface area contributed by atoms with E-state index < -0.39 is 0 Å². The second-order valence-corrected chi connectivity index (χ2v) is 6.79. The zero-order chi connectivity index (χ0) is 14.9. The molecule has 1 fully saturated rings. The molecule has 110 valence electrons. The molecule has 1 unspecified atom stereocenters. The van der Waals surface area contributed by atoms with Crippen LogP contribution in [0.4, 0.5) is 0 Å². The van der Waals surface area contributed by atoms with E-state index in [9.17, 15) is 4.79 Å². The van der Waals surface area contributed by atoms with Crippen LogP contribution in [0.3, 0.4) is 0 Å². The van der Waals surface area contributed by atoms with Crippen molar-refractivity contribution >= 4 is 17.5 Å². The molecule has 0 radical (unpaired) electrons. The van der Waals surface area contributed by atoms with Crippen molar-refractivity contribution in [3.05, 3.63) is 28.5 Å². The van der Waals surface area contributed by atoms with Crippen LogP contribution in [-0.2, 0) is 5.41 Å². The molecule has 1 aliphatic rings. The summed E-state index contributed by atoms with van der Waals surface area (Å²) in [5.74, 6) is 0.161. The number of rotatable bonds is 2. The lowest BCUT2D eigenvalue weighted by Crippen LogP contribution is -2.29. The summed E-state index contributed by atoms with van der Waals surface area (Å²) in [7, 11) is 0. The Labute approximate surface area is 124 Å². The Bertz CT molecular complexity index is 511. The summed E-state index contributed by atoms with van der Waals surface area (Å²) < 4.78 is 0. The second kappa shape index (κ2) is 5.70. The van der Waals surface area contributed by atoms with Crippen molar-refractivity contribution in [1.82, 2.24) is 9.88 Å². The van der Waals surface area contributed by atoms with Crippen LogP contribution >= 0.6 is 11.6 Å². The Balaban J connectivity index is 2.24. The number of aromatic nitrogens is 1. The fourth-order valence-electron chi connectivity index (χ4n) is 2.35. The van der Waals surface area contributed by atoms with Crippen LogP contribution in [-0.4, -0.2) is 40.6 Å². The van der Waals surface area contributed by atoms with Gasteiger partial charge in [-0.25, -0.2) is 4.98 Å². The van der Waals surface area contributed by atoms with Gasteiger partial charge in [0.2, 0.25) is 0 Å². The lowest BCUT2D eigenvalue weighted by molar-refractivity contribution is 0.0781. The third-order valence-electron chi connectivity index (χ3n) is 3.64. The Morgan fingerprint density at radius 3 is 2.75 bits per heavy atom.